The maximum absolute atomic E-state index is 11.7. The molecule has 0 unspecified atom stereocenters. The minimum absolute atomic E-state index is 0.0341. The van der Waals surface area contributed by atoms with Crippen molar-refractivity contribution in [3.8, 4) is 0 Å². The first-order valence-electron chi connectivity index (χ1n) is 12.0. The zero-order chi connectivity index (χ0) is 21.3. The van der Waals surface area contributed by atoms with Crippen LogP contribution in [-0.4, -0.2) is 50.6 Å². The number of rotatable bonds is 23. The summed E-state index contributed by atoms with van der Waals surface area (Å²) in [4.78, 5) is 11.7. The van der Waals surface area contributed by atoms with Gasteiger partial charge in [0.15, 0.2) is 0 Å². The van der Waals surface area contributed by atoms with E-state index in [4.69, 9.17) is 14.6 Å². The van der Waals surface area contributed by atoms with Gasteiger partial charge in [-0.05, 0) is 32.1 Å². The van der Waals surface area contributed by atoms with Crippen LogP contribution in [-0.2, 0) is 14.3 Å². The standard InChI is InChI=1S/C24H47NO4/c1-2-3-4-5-6-7-8-9-10-11-12-13-14-15-16-17-24(27)25-18-20-28-22-23-29-21-19-26/h9-10,26H,2-8,11-23H2,1H3,(H,25,27)/b10-9-. The summed E-state index contributed by atoms with van der Waals surface area (Å²) in [6.45, 7) is 4.65. The molecule has 0 aromatic heterocycles. The molecule has 29 heavy (non-hydrogen) atoms. The number of carbonyl (C=O) groups is 1. The van der Waals surface area contributed by atoms with Crippen molar-refractivity contribution in [2.24, 2.45) is 0 Å². The van der Waals surface area contributed by atoms with Gasteiger partial charge in [-0.25, -0.2) is 0 Å². The number of unbranched alkanes of at least 4 members (excludes halogenated alkanes) is 11. The molecular weight excluding hydrogens is 366 g/mol. The van der Waals surface area contributed by atoms with Gasteiger partial charge in [0, 0.05) is 13.0 Å². The van der Waals surface area contributed by atoms with E-state index in [0.717, 1.165) is 12.8 Å². The number of ether oxygens (including phenoxy) is 2. The Morgan fingerprint density at radius 2 is 1.31 bits per heavy atom. The van der Waals surface area contributed by atoms with E-state index in [1.807, 2.05) is 0 Å². The summed E-state index contributed by atoms with van der Waals surface area (Å²) in [6, 6.07) is 0. The smallest absolute Gasteiger partial charge is 0.220 e. The van der Waals surface area contributed by atoms with E-state index in [9.17, 15) is 4.79 Å². The highest BCUT2D eigenvalue weighted by Gasteiger charge is 2.00. The third-order valence-electron chi connectivity index (χ3n) is 4.84. The van der Waals surface area contributed by atoms with Crippen molar-refractivity contribution in [2.45, 2.75) is 96.8 Å². The second kappa shape index (κ2) is 25.1. The summed E-state index contributed by atoms with van der Waals surface area (Å²) in [5, 5.41) is 11.4. The summed E-state index contributed by atoms with van der Waals surface area (Å²) >= 11 is 0. The van der Waals surface area contributed by atoms with Gasteiger partial charge in [0.25, 0.3) is 0 Å². The monoisotopic (exact) mass is 413 g/mol. The van der Waals surface area contributed by atoms with Gasteiger partial charge in [0.2, 0.25) is 5.91 Å². The highest BCUT2D eigenvalue weighted by atomic mass is 16.5. The lowest BCUT2D eigenvalue weighted by molar-refractivity contribution is -0.121. The summed E-state index contributed by atoms with van der Waals surface area (Å²) < 4.78 is 10.4. The van der Waals surface area contributed by atoms with Crippen LogP contribution in [0.15, 0.2) is 12.2 Å². The van der Waals surface area contributed by atoms with E-state index in [0.29, 0.717) is 39.4 Å². The minimum Gasteiger partial charge on any atom is -0.394 e. The molecule has 0 heterocycles. The lowest BCUT2D eigenvalue weighted by Crippen LogP contribution is -2.27. The predicted molar refractivity (Wildman–Crippen MR) is 121 cm³/mol. The van der Waals surface area contributed by atoms with Crippen LogP contribution in [0.5, 0.6) is 0 Å². The first kappa shape index (κ1) is 28.1. The summed E-state index contributed by atoms with van der Waals surface area (Å²) in [5.74, 6) is 0.114. The zero-order valence-electron chi connectivity index (χ0n) is 19.0. The number of aliphatic hydroxyl groups excluding tert-OH is 1. The third-order valence-corrected chi connectivity index (χ3v) is 4.84. The highest BCUT2D eigenvalue weighted by molar-refractivity contribution is 5.75. The molecule has 0 radical (unpaired) electrons. The van der Waals surface area contributed by atoms with Crippen molar-refractivity contribution in [2.75, 3.05) is 39.6 Å². The van der Waals surface area contributed by atoms with Crippen molar-refractivity contribution in [3.05, 3.63) is 12.2 Å². The Bertz CT molecular complexity index is 361. The van der Waals surface area contributed by atoms with Crippen LogP contribution in [0, 0.1) is 0 Å². The van der Waals surface area contributed by atoms with Gasteiger partial charge in [-0.1, -0.05) is 70.4 Å². The number of amides is 1. The Hall–Kier alpha value is -0.910. The molecule has 0 aliphatic heterocycles. The molecule has 1 amide bonds. The van der Waals surface area contributed by atoms with Crippen molar-refractivity contribution in [1.29, 1.82) is 0 Å². The Balaban J connectivity index is 3.19. The molecule has 0 atom stereocenters. The molecule has 172 valence electrons. The molecule has 2 N–H and O–H groups in total. The molecule has 0 saturated carbocycles. The normalized spacial score (nSPS) is 11.4. The molecule has 0 aliphatic rings. The van der Waals surface area contributed by atoms with Crippen LogP contribution in [0.4, 0.5) is 0 Å². The lowest BCUT2D eigenvalue weighted by atomic mass is 10.1. The molecule has 0 saturated heterocycles. The summed E-state index contributed by atoms with van der Waals surface area (Å²) in [6.07, 6.45) is 21.8. The van der Waals surface area contributed by atoms with Crippen LogP contribution < -0.4 is 5.32 Å². The van der Waals surface area contributed by atoms with Gasteiger partial charge in [-0.2, -0.15) is 0 Å². The van der Waals surface area contributed by atoms with Gasteiger partial charge < -0.3 is 19.9 Å². The second-order valence-corrected chi connectivity index (χ2v) is 7.63. The SMILES string of the molecule is CCCCCCCC/C=C\CCCCCCCC(=O)NCCOCCOCCO. The van der Waals surface area contributed by atoms with Crippen LogP contribution in [0.3, 0.4) is 0 Å². The average Bonchev–Trinajstić information content (AvgIpc) is 2.72. The van der Waals surface area contributed by atoms with Gasteiger partial charge in [0.05, 0.1) is 33.0 Å². The number of nitrogens with one attached hydrogen (secondary N) is 1. The number of hydrogen-bond acceptors (Lipinski definition) is 4. The largest absolute Gasteiger partial charge is 0.394 e. The van der Waals surface area contributed by atoms with E-state index < -0.39 is 0 Å². The Kier molecular flexibility index (Phi) is 24.3. The fraction of sp³-hybridized carbons (Fsp3) is 0.875. The summed E-state index contributed by atoms with van der Waals surface area (Å²) in [7, 11) is 0. The molecular formula is C24H47NO4. The first-order chi connectivity index (χ1) is 14.3. The molecule has 0 spiro atoms. The lowest BCUT2D eigenvalue weighted by Gasteiger charge is -2.07. The zero-order valence-corrected chi connectivity index (χ0v) is 19.0. The molecule has 5 heteroatoms. The third kappa shape index (κ3) is 25.1. The van der Waals surface area contributed by atoms with E-state index >= 15 is 0 Å². The van der Waals surface area contributed by atoms with Crippen molar-refractivity contribution >= 4 is 5.91 Å². The molecule has 0 rings (SSSR count). The average molecular weight is 414 g/mol. The number of allylic oxidation sites excluding steroid dienone is 2. The minimum atomic E-state index is 0.0341. The van der Waals surface area contributed by atoms with Crippen LogP contribution in [0.1, 0.15) is 96.8 Å². The van der Waals surface area contributed by atoms with E-state index in [1.54, 1.807) is 0 Å². The first-order valence-corrected chi connectivity index (χ1v) is 12.0. The van der Waals surface area contributed by atoms with Crippen LogP contribution in [0.25, 0.3) is 0 Å². The van der Waals surface area contributed by atoms with E-state index in [1.165, 1.54) is 70.6 Å². The second-order valence-electron chi connectivity index (χ2n) is 7.63. The molecule has 5 nitrogen and oxygen atoms in total. The van der Waals surface area contributed by atoms with Crippen molar-refractivity contribution < 1.29 is 19.4 Å². The van der Waals surface area contributed by atoms with Gasteiger partial charge in [-0.3, -0.25) is 4.79 Å². The quantitative estimate of drug-likeness (QED) is 0.179. The van der Waals surface area contributed by atoms with E-state index in [-0.39, 0.29) is 12.5 Å². The molecule has 0 aromatic rings. The Morgan fingerprint density at radius 3 is 1.93 bits per heavy atom. The van der Waals surface area contributed by atoms with Crippen molar-refractivity contribution in [1.82, 2.24) is 5.32 Å². The topological polar surface area (TPSA) is 67.8 Å². The molecule has 0 aliphatic carbocycles. The molecule has 0 aromatic carbocycles. The maximum Gasteiger partial charge on any atom is 0.220 e. The molecule has 0 bridgehead atoms. The number of aliphatic hydroxyl groups is 1. The van der Waals surface area contributed by atoms with Gasteiger partial charge in [0.1, 0.15) is 0 Å². The predicted octanol–water partition coefficient (Wildman–Crippen LogP) is 5.17. The van der Waals surface area contributed by atoms with Gasteiger partial charge in [-0.15, -0.1) is 0 Å². The van der Waals surface area contributed by atoms with Gasteiger partial charge >= 0.3 is 0 Å². The maximum atomic E-state index is 11.7. The van der Waals surface area contributed by atoms with Crippen LogP contribution >= 0.6 is 0 Å². The Morgan fingerprint density at radius 1 is 0.759 bits per heavy atom. The fourth-order valence-corrected chi connectivity index (χ4v) is 3.09. The Labute approximate surface area is 179 Å². The summed E-state index contributed by atoms with van der Waals surface area (Å²) in [5.41, 5.74) is 0. The van der Waals surface area contributed by atoms with Crippen LogP contribution in [0.2, 0.25) is 0 Å². The highest BCUT2D eigenvalue weighted by Crippen LogP contribution is 2.09. The number of carbonyl (C=O) groups excluding carboxylic acids is 1. The fourth-order valence-electron chi connectivity index (χ4n) is 3.09. The molecule has 0 fully saturated rings. The van der Waals surface area contributed by atoms with Crippen molar-refractivity contribution in [3.63, 3.8) is 0 Å². The van der Waals surface area contributed by atoms with E-state index in [2.05, 4.69) is 24.4 Å². The number of hydrogen-bond donors (Lipinski definition) is 2.